The lowest BCUT2D eigenvalue weighted by molar-refractivity contribution is -0.125. The number of carbonyl (C=O) groups is 2. The van der Waals surface area contributed by atoms with E-state index in [2.05, 4.69) is 19.2 Å². The van der Waals surface area contributed by atoms with Gasteiger partial charge in [0.25, 0.3) is 11.8 Å². The molecule has 1 N–H and O–H groups in total. The summed E-state index contributed by atoms with van der Waals surface area (Å²) in [7, 11) is 0. The van der Waals surface area contributed by atoms with Crippen LogP contribution in [-0.4, -0.2) is 41.2 Å². The van der Waals surface area contributed by atoms with E-state index >= 15 is 0 Å². The molecule has 1 aromatic rings. The molecule has 142 valence electrons. The minimum absolute atomic E-state index is 0.0122. The van der Waals surface area contributed by atoms with Gasteiger partial charge in [0.2, 0.25) is 0 Å². The Bertz CT molecular complexity index is 737. The summed E-state index contributed by atoms with van der Waals surface area (Å²) in [6, 6.07) is 1.86. The number of carbonyl (C=O) groups excluding carboxylic acids is 2. The summed E-state index contributed by atoms with van der Waals surface area (Å²) < 4.78 is 5.72. The third kappa shape index (κ3) is 3.41. The van der Waals surface area contributed by atoms with Crippen LogP contribution in [0.5, 0.6) is 0 Å². The van der Waals surface area contributed by atoms with E-state index in [1.165, 1.54) is 0 Å². The number of hydrogen-bond donors (Lipinski definition) is 1. The average Bonchev–Trinajstić information content (AvgIpc) is 3.08. The van der Waals surface area contributed by atoms with Gasteiger partial charge in [-0.05, 0) is 31.7 Å². The quantitative estimate of drug-likeness (QED) is 0.896. The van der Waals surface area contributed by atoms with Gasteiger partial charge in [-0.1, -0.05) is 27.7 Å². The van der Waals surface area contributed by atoms with Crippen LogP contribution in [0.1, 0.15) is 74.8 Å². The van der Waals surface area contributed by atoms with Crippen molar-refractivity contribution in [2.75, 3.05) is 13.1 Å². The van der Waals surface area contributed by atoms with Crippen molar-refractivity contribution in [1.29, 1.82) is 0 Å². The lowest BCUT2D eigenvalue weighted by atomic mass is 9.87. The van der Waals surface area contributed by atoms with E-state index in [1.807, 2.05) is 31.7 Å². The van der Waals surface area contributed by atoms with E-state index in [-0.39, 0.29) is 17.7 Å². The minimum atomic E-state index is -0.685. The number of rotatable bonds is 4. The highest BCUT2D eigenvalue weighted by Gasteiger charge is 2.46. The molecule has 1 saturated heterocycles. The fourth-order valence-electron chi connectivity index (χ4n) is 3.66. The van der Waals surface area contributed by atoms with E-state index in [1.54, 1.807) is 0 Å². The summed E-state index contributed by atoms with van der Waals surface area (Å²) in [5.41, 5.74) is -0.0558. The Morgan fingerprint density at radius 2 is 1.96 bits per heavy atom. The Hall–Kier alpha value is -2.11. The Labute approximate surface area is 155 Å². The molecule has 1 spiro atoms. The van der Waals surface area contributed by atoms with Crippen LogP contribution < -0.4 is 5.32 Å². The fraction of sp³-hybridized carbons (Fsp3) is 0.650. The normalized spacial score (nSPS) is 19.4. The molecule has 2 aliphatic heterocycles. The molecule has 0 radical (unpaired) electrons. The zero-order chi connectivity index (χ0) is 19.1. The first-order chi connectivity index (χ1) is 12.2. The summed E-state index contributed by atoms with van der Waals surface area (Å²) in [4.78, 5) is 31.9. The lowest BCUT2D eigenvalue weighted by Crippen LogP contribution is -2.50. The zero-order valence-electron chi connectivity index (χ0n) is 16.4. The summed E-state index contributed by atoms with van der Waals surface area (Å²) in [5.74, 6) is 2.95. The Kier molecular flexibility index (Phi) is 4.95. The standard InChI is InChI=1S/C20H29N3O3/c1-12(2)10-17-21-19(25)20(22-17)6-8-23(9-7-20)18(24)15-11-16(13(3)4)26-14(15)5/h11-13H,6-10H2,1-5H3,(H,21,22,25). The third-order valence-electron chi connectivity index (χ3n) is 5.25. The summed E-state index contributed by atoms with van der Waals surface area (Å²) in [6.45, 7) is 11.2. The number of piperidine rings is 1. The van der Waals surface area contributed by atoms with Gasteiger partial charge in [0.15, 0.2) is 0 Å². The van der Waals surface area contributed by atoms with Crippen molar-refractivity contribution in [2.45, 2.75) is 65.3 Å². The van der Waals surface area contributed by atoms with Crippen LogP contribution in [0.25, 0.3) is 0 Å². The van der Waals surface area contributed by atoms with Crippen LogP contribution in [0.4, 0.5) is 0 Å². The predicted molar refractivity (Wildman–Crippen MR) is 100 cm³/mol. The number of hydrogen-bond acceptors (Lipinski definition) is 4. The summed E-state index contributed by atoms with van der Waals surface area (Å²) in [5, 5.41) is 2.94. The number of nitrogens with one attached hydrogen (secondary N) is 1. The van der Waals surface area contributed by atoms with Gasteiger partial charge in [-0.25, -0.2) is 0 Å². The number of amidine groups is 1. The maximum Gasteiger partial charge on any atom is 0.257 e. The van der Waals surface area contributed by atoms with Gasteiger partial charge < -0.3 is 14.6 Å². The summed E-state index contributed by atoms with van der Waals surface area (Å²) in [6.07, 6.45) is 1.92. The minimum Gasteiger partial charge on any atom is -0.465 e. The molecule has 0 aromatic carbocycles. The number of aliphatic imine (C=N–C) groups is 1. The second kappa shape index (κ2) is 6.89. The monoisotopic (exact) mass is 359 g/mol. The van der Waals surface area contributed by atoms with Gasteiger partial charge in [-0.3, -0.25) is 14.6 Å². The maximum absolute atomic E-state index is 12.9. The molecule has 2 aliphatic rings. The van der Waals surface area contributed by atoms with Crippen molar-refractivity contribution >= 4 is 17.6 Å². The molecule has 0 atom stereocenters. The molecular weight excluding hydrogens is 330 g/mol. The van der Waals surface area contributed by atoms with Gasteiger partial charge in [0, 0.05) is 25.4 Å². The van der Waals surface area contributed by atoms with Crippen LogP contribution in [0.2, 0.25) is 0 Å². The van der Waals surface area contributed by atoms with E-state index < -0.39 is 5.54 Å². The molecular formula is C20H29N3O3. The van der Waals surface area contributed by atoms with Crippen LogP contribution in [0, 0.1) is 12.8 Å². The molecule has 0 aliphatic carbocycles. The van der Waals surface area contributed by atoms with E-state index in [4.69, 9.17) is 9.41 Å². The molecule has 26 heavy (non-hydrogen) atoms. The van der Waals surface area contributed by atoms with Crippen LogP contribution >= 0.6 is 0 Å². The van der Waals surface area contributed by atoms with Crippen molar-refractivity contribution in [3.8, 4) is 0 Å². The largest absolute Gasteiger partial charge is 0.465 e. The van der Waals surface area contributed by atoms with Crippen molar-refractivity contribution < 1.29 is 14.0 Å². The average molecular weight is 359 g/mol. The molecule has 0 unspecified atom stereocenters. The Morgan fingerprint density at radius 1 is 1.31 bits per heavy atom. The highest BCUT2D eigenvalue weighted by atomic mass is 16.3. The first kappa shape index (κ1) is 18.7. The van der Waals surface area contributed by atoms with Gasteiger partial charge in [-0.2, -0.15) is 0 Å². The van der Waals surface area contributed by atoms with Gasteiger partial charge in [-0.15, -0.1) is 0 Å². The number of furan rings is 1. The molecule has 6 heteroatoms. The smallest absolute Gasteiger partial charge is 0.257 e. The Morgan fingerprint density at radius 3 is 2.50 bits per heavy atom. The highest BCUT2D eigenvalue weighted by molar-refractivity contribution is 6.08. The van der Waals surface area contributed by atoms with E-state index in [9.17, 15) is 9.59 Å². The van der Waals surface area contributed by atoms with Crippen molar-refractivity contribution in [2.24, 2.45) is 10.9 Å². The van der Waals surface area contributed by atoms with E-state index in [0.717, 1.165) is 18.0 Å². The van der Waals surface area contributed by atoms with Crippen LogP contribution in [-0.2, 0) is 4.79 Å². The molecule has 6 nitrogen and oxygen atoms in total. The predicted octanol–water partition coefficient (Wildman–Crippen LogP) is 3.26. The number of amides is 2. The molecule has 1 aromatic heterocycles. The van der Waals surface area contributed by atoms with Crippen molar-refractivity contribution in [3.05, 3.63) is 23.2 Å². The summed E-state index contributed by atoms with van der Waals surface area (Å²) >= 11 is 0. The van der Waals surface area contributed by atoms with Crippen LogP contribution in [0.3, 0.4) is 0 Å². The van der Waals surface area contributed by atoms with Gasteiger partial charge in [0.1, 0.15) is 22.9 Å². The molecule has 0 saturated carbocycles. The zero-order valence-corrected chi connectivity index (χ0v) is 16.4. The number of aryl methyl sites for hydroxylation is 1. The first-order valence-electron chi connectivity index (χ1n) is 9.51. The van der Waals surface area contributed by atoms with Gasteiger partial charge in [0.05, 0.1) is 5.56 Å². The molecule has 1 fully saturated rings. The molecule has 2 amide bonds. The molecule has 3 heterocycles. The number of nitrogens with zero attached hydrogens (tertiary/aromatic N) is 2. The number of likely N-dealkylation sites (tertiary alicyclic amines) is 1. The fourth-order valence-corrected chi connectivity index (χ4v) is 3.66. The lowest BCUT2D eigenvalue weighted by Gasteiger charge is -2.35. The topological polar surface area (TPSA) is 74.9 Å². The van der Waals surface area contributed by atoms with Gasteiger partial charge >= 0.3 is 0 Å². The van der Waals surface area contributed by atoms with Crippen LogP contribution in [0.15, 0.2) is 15.5 Å². The van der Waals surface area contributed by atoms with E-state index in [0.29, 0.717) is 43.2 Å². The highest BCUT2D eigenvalue weighted by Crippen LogP contribution is 2.32. The van der Waals surface area contributed by atoms with Crippen molar-refractivity contribution in [1.82, 2.24) is 10.2 Å². The third-order valence-corrected chi connectivity index (χ3v) is 5.25. The molecule has 0 bridgehead atoms. The Balaban J connectivity index is 1.69. The second-order valence-corrected chi connectivity index (χ2v) is 8.21. The first-order valence-corrected chi connectivity index (χ1v) is 9.51. The second-order valence-electron chi connectivity index (χ2n) is 8.21. The maximum atomic E-state index is 12.9. The SMILES string of the molecule is Cc1oc(C(C)C)cc1C(=O)N1CCC2(CC1)N=C(CC(C)C)NC2=O. The molecule has 3 rings (SSSR count). The van der Waals surface area contributed by atoms with Crippen molar-refractivity contribution in [3.63, 3.8) is 0 Å².